The molecule has 372 valence electrons. The van der Waals surface area contributed by atoms with Gasteiger partial charge in [0.2, 0.25) is 5.88 Å². The first-order valence-corrected chi connectivity index (χ1v) is 24.1. The molecule has 5 heterocycles. The van der Waals surface area contributed by atoms with Crippen LogP contribution in [0.15, 0.2) is 119 Å². The lowest BCUT2D eigenvalue weighted by atomic mass is 9.95. The second-order valence-corrected chi connectivity index (χ2v) is 18.2. The Morgan fingerprint density at radius 1 is 0.625 bits per heavy atom. The van der Waals surface area contributed by atoms with E-state index in [9.17, 15) is 9.59 Å². The summed E-state index contributed by atoms with van der Waals surface area (Å²) in [6, 6.07) is 31.0. The third-order valence-electron chi connectivity index (χ3n) is 12.2. The van der Waals surface area contributed by atoms with E-state index in [-0.39, 0.29) is 36.4 Å². The summed E-state index contributed by atoms with van der Waals surface area (Å²) in [6.07, 6.45) is 1.73. The molecule has 0 fully saturated rings. The molecule has 14 nitrogen and oxygen atoms in total. The number of pyridine rings is 3. The van der Waals surface area contributed by atoms with Crippen LogP contribution in [-0.2, 0) is 49.0 Å². The van der Waals surface area contributed by atoms with Crippen LogP contribution in [0.3, 0.4) is 0 Å². The van der Waals surface area contributed by atoms with Crippen LogP contribution in [0, 0.1) is 18.6 Å². The molecule has 0 aliphatic rings. The Balaban J connectivity index is 0.000000197. The quantitative estimate of drug-likeness (QED) is 0.0857. The largest absolute Gasteiger partial charge is 0.481 e. The number of rotatable bonds is 16. The fourth-order valence-electron chi connectivity index (χ4n) is 8.51. The Kier molecular flexibility index (Phi) is 15.8. The van der Waals surface area contributed by atoms with Gasteiger partial charge in [-0.25, -0.2) is 33.3 Å². The zero-order valence-corrected chi connectivity index (χ0v) is 42.2. The van der Waals surface area contributed by atoms with Crippen LogP contribution in [0.2, 0.25) is 5.15 Å². The smallest absolute Gasteiger partial charge is 0.350 e. The number of nitrogens with zero attached hydrogens (tertiary/aromatic N) is 9. The van der Waals surface area contributed by atoms with Gasteiger partial charge in [-0.05, 0) is 84.7 Å². The fraction of sp³-hybridized carbons (Fsp3) is 0.291. The van der Waals surface area contributed by atoms with Gasteiger partial charge in [-0.2, -0.15) is 9.36 Å². The SMILES string of the molecule is CCn1c(COCc2ccccc2)nn(-c2cc3c(C(C)C)cc(-c4cc(OC)ncc4C)nc3cc2F)c1=O.CCn1c(COCc2ccccc2)nn(-c2cc3c(C(C)C)cc(Cl)nc3cc2F)c1=O. The van der Waals surface area contributed by atoms with E-state index in [0.29, 0.717) is 65.7 Å². The summed E-state index contributed by atoms with van der Waals surface area (Å²) in [7, 11) is 1.56. The molecule has 9 aromatic rings. The number of aryl methyl sites for hydroxylation is 1. The maximum absolute atomic E-state index is 15.7. The highest BCUT2D eigenvalue weighted by molar-refractivity contribution is 6.30. The van der Waals surface area contributed by atoms with Crippen LogP contribution in [0.5, 0.6) is 5.88 Å². The lowest BCUT2D eigenvalue weighted by molar-refractivity contribution is 0.0989. The van der Waals surface area contributed by atoms with Gasteiger partial charge in [0.1, 0.15) is 29.7 Å². The van der Waals surface area contributed by atoms with Crippen LogP contribution >= 0.6 is 11.6 Å². The summed E-state index contributed by atoms with van der Waals surface area (Å²) in [4.78, 5) is 39.6. The third-order valence-corrected chi connectivity index (χ3v) is 12.4. The van der Waals surface area contributed by atoms with Crippen molar-refractivity contribution in [3.05, 3.63) is 187 Å². The van der Waals surface area contributed by atoms with Gasteiger partial charge in [-0.1, -0.05) is 100.0 Å². The van der Waals surface area contributed by atoms with E-state index < -0.39 is 23.0 Å². The fourth-order valence-corrected chi connectivity index (χ4v) is 8.71. The molecule has 72 heavy (non-hydrogen) atoms. The second kappa shape index (κ2) is 22.4. The summed E-state index contributed by atoms with van der Waals surface area (Å²) in [5.41, 5.74) is 6.67. The van der Waals surface area contributed by atoms with Crippen molar-refractivity contribution in [2.45, 2.75) is 99.8 Å². The van der Waals surface area contributed by atoms with Crippen molar-refractivity contribution in [1.29, 1.82) is 0 Å². The average Bonchev–Trinajstić information content (AvgIpc) is 3.86. The van der Waals surface area contributed by atoms with Crippen LogP contribution in [0.25, 0.3) is 44.4 Å². The monoisotopic (exact) mass is 995 g/mol. The standard InChI is InChI=1S/C31H32FN5O3.C24H24ClFN4O2/c1-6-36-29(18-40-17-21-10-8-7-9-11-21)35-37(31(36)38)28-13-24-22(19(2)3)12-26(34-27(24)15-25(28)32)23-14-30(39-5)33-16-20(23)4;1-4-29-23(14-32-13-16-8-6-5-7-9-16)28-30(24(29)31)21-10-18-17(15(2)3)11-22(25)27-20(18)12-19(21)26/h7-16,19H,6,17-18H2,1-5H3;5-12,15H,4,13-14H2,1-3H3. The number of benzene rings is 4. The van der Waals surface area contributed by atoms with E-state index >= 15 is 8.78 Å². The molecule has 4 aromatic carbocycles. The zero-order chi connectivity index (χ0) is 51.2. The Morgan fingerprint density at radius 2 is 1.10 bits per heavy atom. The van der Waals surface area contributed by atoms with Crippen LogP contribution in [0.4, 0.5) is 8.78 Å². The summed E-state index contributed by atoms with van der Waals surface area (Å²) in [5, 5.41) is 10.7. The number of methoxy groups -OCH3 is 1. The molecule has 0 bridgehead atoms. The van der Waals surface area contributed by atoms with Crippen LogP contribution in [-0.4, -0.2) is 50.8 Å². The van der Waals surface area contributed by atoms with Gasteiger partial charge in [0.05, 0.1) is 37.1 Å². The molecule has 0 aliphatic carbocycles. The normalized spacial score (nSPS) is 11.5. The molecule has 0 unspecified atom stereocenters. The van der Waals surface area contributed by atoms with E-state index in [1.54, 1.807) is 31.5 Å². The van der Waals surface area contributed by atoms with Gasteiger partial charge in [0.25, 0.3) is 0 Å². The van der Waals surface area contributed by atoms with Gasteiger partial charge >= 0.3 is 11.4 Å². The summed E-state index contributed by atoms with van der Waals surface area (Å²) in [5.74, 6) is 0.414. The molecule has 0 saturated heterocycles. The number of hydrogen-bond acceptors (Lipinski definition) is 10. The van der Waals surface area contributed by atoms with Gasteiger partial charge < -0.3 is 14.2 Å². The van der Waals surface area contributed by atoms with Crippen molar-refractivity contribution >= 4 is 33.4 Å². The van der Waals surface area contributed by atoms with E-state index in [1.807, 2.05) is 107 Å². The minimum absolute atomic E-state index is 0.0741. The van der Waals surface area contributed by atoms with Crippen molar-refractivity contribution in [1.82, 2.24) is 43.6 Å². The van der Waals surface area contributed by atoms with E-state index in [4.69, 9.17) is 30.8 Å². The van der Waals surface area contributed by atoms with E-state index in [2.05, 4.69) is 34.0 Å². The molecule has 0 N–H and O–H groups in total. The summed E-state index contributed by atoms with van der Waals surface area (Å²) >= 11 is 6.12. The summed E-state index contributed by atoms with van der Waals surface area (Å²) < 4.78 is 52.8. The number of hydrogen-bond donors (Lipinski definition) is 0. The summed E-state index contributed by atoms with van der Waals surface area (Å²) in [6.45, 7) is 15.6. The van der Waals surface area contributed by atoms with Crippen molar-refractivity contribution in [2.24, 2.45) is 0 Å². The molecule has 0 radical (unpaired) electrons. The molecule has 0 aliphatic heterocycles. The van der Waals surface area contributed by atoms with Crippen molar-refractivity contribution in [2.75, 3.05) is 7.11 Å². The Hall–Kier alpha value is -7.40. The molecule has 0 atom stereocenters. The Labute approximate surface area is 420 Å². The van der Waals surface area contributed by atoms with Gasteiger partial charge in [0.15, 0.2) is 23.3 Å². The maximum atomic E-state index is 15.7. The number of aromatic nitrogens is 9. The predicted octanol–water partition coefficient (Wildman–Crippen LogP) is 11.2. The number of halogens is 3. The van der Waals surface area contributed by atoms with Gasteiger partial charge in [-0.3, -0.25) is 9.13 Å². The molecular formula is C55H56ClF2N9O5. The lowest BCUT2D eigenvalue weighted by Gasteiger charge is -2.15. The first-order chi connectivity index (χ1) is 34.7. The molecule has 9 rings (SSSR count). The van der Waals surface area contributed by atoms with Crippen LogP contribution < -0.4 is 16.1 Å². The Morgan fingerprint density at radius 3 is 1.56 bits per heavy atom. The zero-order valence-electron chi connectivity index (χ0n) is 41.5. The van der Waals surface area contributed by atoms with Gasteiger partial charge in [-0.15, -0.1) is 10.2 Å². The molecule has 0 amide bonds. The van der Waals surface area contributed by atoms with Crippen molar-refractivity contribution < 1.29 is 23.0 Å². The predicted molar refractivity (Wildman–Crippen MR) is 275 cm³/mol. The van der Waals surface area contributed by atoms with Crippen LogP contribution in [0.1, 0.15) is 92.8 Å². The first-order valence-electron chi connectivity index (χ1n) is 23.8. The van der Waals surface area contributed by atoms with Crippen molar-refractivity contribution in [3.63, 3.8) is 0 Å². The maximum Gasteiger partial charge on any atom is 0.350 e. The highest BCUT2D eigenvalue weighted by Crippen LogP contribution is 2.34. The Bertz CT molecular complexity index is 3500. The topological polar surface area (TPSA) is 146 Å². The van der Waals surface area contributed by atoms with E-state index in [0.717, 1.165) is 53.5 Å². The second-order valence-electron chi connectivity index (χ2n) is 17.8. The lowest BCUT2D eigenvalue weighted by Crippen LogP contribution is -2.24. The molecule has 5 aromatic heterocycles. The average molecular weight is 997 g/mol. The molecule has 0 saturated carbocycles. The number of ether oxygens (including phenoxy) is 3. The minimum atomic E-state index is -0.596. The number of fused-ring (bicyclic) bond motifs is 2. The minimum Gasteiger partial charge on any atom is -0.481 e. The molecule has 0 spiro atoms. The van der Waals surface area contributed by atoms with E-state index in [1.165, 1.54) is 21.3 Å². The van der Waals surface area contributed by atoms with Crippen molar-refractivity contribution in [3.8, 4) is 28.5 Å². The third kappa shape index (κ3) is 10.9. The molecule has 17 heteroatoms. The first kappa shape index (κ1) is 51.0. The highest BCUT2D eigenvalue weighted by Gasteiger charge is 2.22. The van der Waals surface area contributed by atoms with Gasteiger partial charge in [0, 0.05) is 53.8 Å². The molecular weight excluding hydrogens is 940 g/mol. The highest BCUT2D eigenvalue weighted by atomic mass is 35.5.